The number of hydrogen-bond acceptors (Lipinski definition) is 1. The molecule has 0 saturated carbocycles. The van der Waals surface area contributed by atoms with Gasteiger partial charge in [-0.3, -0.25) is 0 Å². The largest absolute Gasteiger partial charge is 0.211 e. The SMILES string of the molecule is CN1C(c2ccccc2)CC(C2=CCCCC2)=[N+]1C. The Bertz CT molecular complexity index is 513. The normalized spacial score (nSPS) is 23.8. The third-order valence-corrected chi connectivity index (χ3v) is 4.55. The fraction of sp³-hybridized carbons (Fsp3) is 0.471. The van der Waals surface area contributed by atoms with Gasteiger partial charge in [-0.15, -0.1) is 4.68 Å². The molecule has 2 heteroatoms. The van der Waals surface area contributed by atoms with Crippen molar-refractivity contribution in [1.82, 2.24) is 5.01 Å². The maximum absolute atomic E-state index is 2.45. The van der Waals surface area contributed by atoms with Crippen LogP contribution in [-0.2, 0) is 0 Å². The highest BCUT2D eigenvalue weighted by molar-refractivity contribution is 5.97. The molecule has 19 heavy (non-hydrogen) atoms. The molecule has 1 aliphatic carbocycles. The standard InChI is InChI=1S/C17H23N2/c1-18-16(14-9-5-3-6-10-14)13-17(19(18)2)15-11-7-4-8-12-15/h3,5-6,9-11,16H,4,7-8,12-13H2,1-2H3/q+1. The first-order valence-corrected chi connectivity index (χ1v) is 7.34. The van der Waals surface area contributed by atoms with Crippen LogP contribution in [0.15, 0.2) is 42.0 Å². The Hall–Kier alpha value is -1.57. The zero-order valence-electron chi connectivity index (χ0n) is 12.0. The van der Waals surface area contributed by atoms with E-state index in [1.165, 1.54) is 37.0 Å². The summed E-state index contributed by atoms with van der Waals surface area (Å²) in [7, 11) is 4.40. The van der Waals surface area contributed by atoms with E-state index in [9.17, 15) is 0 Å². The minimum absolute atomic E-state index is 0.490. The van der Waals surface area contributed by atoms with E-state index in [0.29, 0.717) is 6.04 Å². The Morgan fingerprint density at radius 3 is 2.63 bits per heavy atom. The molecule has 0 radical (unpaired) electrons. The minimum Gasteiger partial charge on any atom is -0.181 e. The lowest BCUT2D eigenvalue weighted by molar-refractivity contribution is -0.660. The minimum atomic E-state index is 0.490. The quantitative estimate of drug-likeness (QED) is 0.732. The van der Waals surface area contributed by atoms with Crippen LogP contribution in [0.5, 0.6) is 0 Å². The van der Waals surface area contributed by atoms with E-state index >= 15 is 0 Å². The molecule has 0 spiro atoms. The van der Waals surface area contributed by atoms with Crippen LogP contribution in [0.4, 0.5) is 0 Å². The summed E-state index contributed by atoms with van der Waals surface area (Å²) in [6.07, 6.45) is 8.82. The molecule has 0 saturated heterocycles. The van der Waals surface area contributed by atoms with Crippen LogP contribution >= 0.6 is 0 Å². The van der Waals surface area contributed by atoms with Gasteiger partial charge in [-0.25, -0.2) is 0 Å². The molecule has 100 valence electrons. The van der Waals surface area contributed by atoms with Crippen LogP contribution < -0.4 is 0 Å². The second kappa shape index (κ2) is 5.20. The van der Waals surface area contributed by atoms with Crippen LogP contribution in [0, 0.1) is 0 Å². The van der Waals surface area contributed by atoms with Crippen LogP contribution in [0.1, 0.15) is 43.7 Å². The van der Waals surface area contributed by atoms with Crippen molar-refractivity contribution < 1.29 is 4.68 Å². The van der Waals surface area contributed by atoms with Gasteiger partial charge in [-0.1, -0.05) is 36.4 Å². The van der Waals surface area contributed by atoms with E-state index in [0.717, 1.165) is 6.42 Å². The molecule has 0 amide bonds. The molecule has 1 unspecified atom stereocenters. The first kappa shape index (κ1) is 12.5. The van der Waals surface area contributed by atoms with Crippen molar-refractivity contribution in [1.29, 1.82) is 0 Å². The van der Waals surface area contributed by atoms with Gasteiger partial charge in [-0.05, 0) is 31.2 Å². The van der Waals surface area contributed by atoms with Gasteiger partial charge in [0.1, 0.15) is 6.04 Å². The van der Waals surface area contributed by atoms with Crippen LogP contribution in [0.2, 0.25) is 0 Å². The molecule has 1 aromatic carbocycles. The molecule has 0 fully saturated rings. The zero-order valence-corrected chi connectivity index (χ0v) is 12.0. The van der Waals surface area contributed by atoms with Gasteiger partial charge in [0.25, 0.3) is 0 Å². The number of allylic oxidation sites excluding steroid dienone is 2. The molecule has 2 aliphatic rings. The third-order valence-electron chi connectivity index (χ3n) is 4.55. The van der Waals surface area contributed by atoms with Crippen LogP contribution in [0.25, 0.3) is 0 Å². The molecule has 1 atom stereocenters. The van der Waals surface area contributed by atoms with Crippen LogP contribution in [-0.4, -0.2) is 29.5 Å². The van der Waals surface area contributed by atoms with E-state index in [1.54, 1.807) is 5.57 Å². The van der Waals surface area contributed by atoms with E-state index < -0.39 is 0 Å². The van der Waals surface area contributed by atoms with Crippen molar-refractivity contribution in [3.8, 4) is 0 Å². The van der Waals surface area contributed by atoms with Crippen molar-refractivity contribution in [2.45, 2.75) is 38.1 Å². The second-order valence-corrected chi connectivity index (χ2v) is 5.65. The van der Waals surface area contributed by atoms with E-state index in [2.05, 4.69) is 60.2 Å². The highest BCUT2D eigenvalue weighted by atomic mass is 15.6. The maximum atomic E-state index is 2.45. The first-order chi connectivity index (χ1) is 9.27. The van der Waals surface area contributed by atoms with E-state index in [1.807, 2.05) is 0 Å². The fourth-order valence-corrected chi connectivity index (χ4v) is 3.29. The summed E-state index contributed by atoms with van der Waals surface area (Å²) >= 11 is 0. The molecule has 3 rings (SSSR count). The molecule has 2 nitrogen and oxygen atoms in total. The lowest BCUT2D eigenvalue weighted by Crippen LogP contribution is -2.27. The molecule has 0 N–H and O–H groups in total. The van der Waals surface area contributed by atoms with E-state index in [-0.39, 0.29) is 0 Å². The Kier molecular flexibility index (Phi) is 3.41. The average Bonchev–Trinajstić information content (AvgIpc) is 2.77. The number of hydrazine groups is 1. The number of nitrogens with zero attached hydrogens (tertiary/aromatic N) is 2. The highest BCUT2D eigenvalue weighted by Gasteiger charge is 2.37. The molecule has 1 aromatic rings. The zero-order chi connectivity index (χ0) is 13.2. The topological polar surface area (TPSA) is 6.25 Å². The molecule has 0 bridgehead atoms. The number of hydrazone groups is 1. The fourth-order valence-electron chi connectivity index (χ4n) is 3.29. The van der Waals surface area contributed by atoms with Gasteiger partial charge in [-0.2, -0.15) is 5.01 Å². The molecular weight excluding hydrogens is 232 g/mol. The first-order valence-electron chi connectivity index (χ1n) is 7.34. The molecule has 1 aliphatic heterocycles. The van der Waals surface area contributed by atoms with Crippen molar-refractivity contribution in [2.24, 2.45) is 0 Å². The van der Waals surface area contributed by atoms with Gasteiger partial charge in [0.15, 0.2) is 7.05 Å². The van der Waals surface area contributed by atoms with Gasteiger partial charge in [0, 0.05) is 5.57 Å². The summed E-state index contributed by atoms with van der Waals surface area (Å²) < 4.78 is 2.36. The summed E-state index contributed by atoms with van der Waals surface area (Å²) in [5.74, 6) is 0. The lowest BCUT2D eigenvalue weighted by Gasteiger charge is -2.17. The summed E-state index contributed by atoms with van der Waals surface area (Å²) in [5.41, 5.74) is 4.53. The summed E-state index contributed by atoms with van der Waals surface area (Å²) in [6.45, 7) is 0. The summed E-state index contributed by atoms with van der Waals surface area (Å²) in [5, 5.41) is 2.38. The monoisotopic (exact) mass is 255 g/mol. The van der Waals surface area contributed by atoms with Crippen LogP contribution in [0.3, 0.4) is 0 Å². The summed E-state index contributed by atoms with van der Waals surface area (Å²) in [6, 6.07) is 11.3. The average molecular weight is 255 g/mol. The highest BCUT2D eigenvalue weighted by Crippen LogP contribution is 2.32. The van der Waals surface area contributed by atoms with Gasteiger partial charge in [0.05, 0.1) is 13.5 Å². The number of rotatable bonds is 2. The smallest absolute Gasteiger partial charge is 0.181 e. The Morgan fingerprint density at radius 2 is 1.95 bits per heavy atom. The van der Waals surface area contributed by atoms with Crippen molar-refractivity contribution in [3.63, 3.8) is 0 Å². The predicted molar refractivity (Wildman–Crippen MR) is 79.3 cm³/mol. The van der Waals surface area contributed by atoms with E-state index in [4.69, 9.17) is 0 Å². The predicted octanol–water partition coefficient (Wildman–Crippen LogP) is 3.56. The Morgan fingerprint density at radius 1 is 1.16 bits per heavy atom. The van der Waals surface area contributed by atoms with Gasteiger partial charge < -0.3 is 0 Å². The summed E-state index contributed by atoms with van der Waals surface area (Å²) in [4.78, 5) is 0. The second-order valence-electron chi connectivity index (χ2n) is 5.65. The molecule has 0 aromatic heterocycles. The lowest BCUT2D eigenvalue weighted by atomic mass is 9.92. The molecule has 1 heterocycles. The molecular formula is C17H23N2+. The number of hydrogen-bond donors (Lipinski definition) is 0. The van der Waals surface area contributed by atoms with Crippen molar-refractivity contribution in [3.05, 3.63) is 47.5 Å². The maximum Gasteiger partial charge on any atom is 0.211 e. The third kappa shape index (κ3) is 2.32. The Labute approximate surface area is 116 Å². The Balaban J connectivity index is 1.86. The van der Waals surface area contributed by atoms with Crippen molar-refractivity contribution in [2.75, 3.05) is 14.1 Å². The van der Waals surface area contributed by atoms with Crippen molar-refractivity contribution >= 4 is 5.71 Å². The van der Waals surface area contributed by atoms with Gasteiger partial charge >= 0.3 is 0 Å². The number of benzene rings is 1. The van der Waals surface area contributed by atoms with Gasteiger partial charge in [0.2, 0.25) is 5.71 Å².